The predicted octanol–water partition coefficient (Wildman–Crippen LogP) is 4.27. The highest BCUT2D eigenvalue weighted by atomic mass is 32.2. The van der Waals surface area contributed by atoms with Gasteiger partial charge in [-0.2, -0.15) is 0 Å². The molecule has 1 atom stereocenters. The van der Waals surface area contributed by atoms with E-state index < -0.39 is 0 Å². The SMILES string of the molecule is CSc1ccc([C@@H]2C3=C(CCCC3=O)Nc3onc(C)c32)cc1. The molecule has 1 aliphatic carbocycles. The van der Waals surface area contributed by atoms with Crippen molar-refractivity contribution in [2.24, 2.45) is 0 Å². The molecule has 0 saturated heterocycles. The Morgan fingerprint density at radius 3 is 2.78 bits per heavy atom. The van der Waals surface area contributed by atoms with Crippen molar-refractivity contribution in [1.82, 2.24) is 5.16 Å². The summed E-state index contributed by atoms with van der Waals surface area (Å²) in [6.45, 7) is 1.94. The van der Waals surface area contributed by atoms with Gasteiger partial charge in [0.2, 0.25) is 5.88 Å². The predicted molar refractivity (Wildman–Crippen MR) is 90.8 cm³/mol. The zero-order chi connectivity index (χ0) is 16.0. The van der Waals surface area contributed by atoms with Crippen LogP contribution in [0.1, 0.15) is 42.0 Å². The zero-order valence-corrected chi connectivity index (χ0v) is 14.0. The number of nitrogens with zero attached hydrogens (tertiary/aromatic N) is 1. The second-order valence-corrected chi connectivity index (χ2v) is 6.89. The minimum atomic E-state index is -0.0730. The number of carbonyl (C=O) groups is 1. The van der Waals surface area contributed by atoms with Crippen LogP contribution < -0.4 is 5.32 Å². The minimum absolute atomic E-state index is 0.0730. The summed E-state index contributed by atoms with van der Waals surface area (Å²) < 4.78 is 5.46. The Kier molecular flexibility index (Phi) is 3.53. The molecule has 2 heterocycles. The smallest absolute Gasteiger partial charge is 0.233 e. The highest BCUT2D eigenvalue weighted by molar-refractivity contribution is 7.98. The van der Waals surface area contributed by atoms with Crippen LogP contribution in [0.2, 0.25) is 0 Å². The molecule has 1 aromatic heterocycles. The molecule has 1 aliphatic heterocycles. The van der Waals surface area contributed by atoms with Gasteiger partial charge in [-0.3, -0.25) is 4.79 Å². The third kappa shape index (κ3) is 2.30. The minimum Gasteiger partial charge on any atom is -0.338 e. The van der Waals surface area contributed by atoms with E-state index in [0.717, 1.165) is 40.9 Å². The van der Waals surface area contributed by atoms with E-state index in [1.165, 1.54) is 4.90 Å². The van der Waals surface area contributed by atoms with Crippen LogP contribution in [0.3, 0.4) is 0 Å². The molecule has 0 bridgehead atoms. The number of aryl methyl sites for hydroxylation is 1. The van der Waals surface area contributed by atoms with Gasteiger partial charge in [-0.15, -0.1) is 11.8 Å². The summed E-state index contributed by atoms with van der Waals surface area (Å²) in [5.74, 6) is 0.857. The Morgan fingerprint density at radius 2 is 2.04 bits per heavy atom. The normalized spacial score (nSPS) is 20.1. The van der Waals surface area contributed by atoms with Gasteiger partial charge in [0.15, 0.2) is 5.78 Å². The fourth-order valence-corrected chi connectivity index (χ4v) is 3.95. The van der Waals surface area contributed by atoms with Crippen molar-refractivity contribution >= 4 is 23.4 Å². The molecule has 23 heavy (non-hydrogen) atoms. The van der Waals surface area contributed by atoms with Gasteiger partial charge in [-0.25, -0.2) is 0 Å². The van der Waals surface area contributed by atoms with Gasteiger partial charge in [-0.05, 0) is 43.7 Å². The van der Waals surface area contributed by atoms with Crippen molar-refractivity contribution in [2.75, 3.05) is 11.6 Å². The van der Waals surface area contributed by atoms with E-state index in [4.69, 9.17) is 4.52 Å². The lowest BCUT2D eigenvalue weighted by Gasteiger charge is -2.31. The number of allylic oxidation sites excluding steroid dienone is 2. The summed E-state index contributed by atoms with van der Waals surface area (Å²) in [5, 5.41) is 7.41. The van der Waals surface area contributed by atoms with E-state index in [-0.39, 0.29) is 11.7 Å². The van der Waals surface area contributed by atoms with Crippen LogP contribution in [0.5, 0.6) is 0 Å². The first-order chi connectivity index (χ1) is 11.2. The lowest BCUT2D eigenvalue weighted by Crippen LogP contribution is -2.26. The first-order valence-electron chi connectivity index (χ1n) is 7.82. The summed E-state index contributed by atoms with van der Waals surface area (Å²) in [7, 11) is 0. The number of carbonyl (C=O) groups excluding carboxylic acids is 1. The number of thioether (sulfide) groups is 1. The second-order valence-electron chi connectivity index (χ2n) is 6.01. The lowest BCUT2D eigenvalue weighted by atomic mass is 9.76. The van der Waals surface area contributed by atoms with Gasteiger partial charge in [0.1, 0.15) is 0 Å². The standard InChI is InChI=1S/C18H18N2O2S/c1-10-15-16(11-6-8-12(23-2)9-7-11)17-13(4-3-5-14(17)21)19-18(15)22-20-10/h6-9,16,19H,3-5H2,1-2H3/t16-/m0/s1. The fraction of sp³-hybridized carbons (Fsp3) is 0.333. The number of Topliss-reactive ketones (excluding diaryl/α,β-unsaturated/α-hetero) is 1. The number of hydrogen-bond donors (Lipinski definition) is 1. The number of anilines is 1. The molecule has 4 rings (SSSR count). The zero-order valence-electron chi connectivity index (χ0n) is 13.2. The Labute approximate surface area is 139 Å². The van der Waals surface area contributed by atoms with Crippen molar-refractivity contribution in [2.45, 2.75) is 37.0 Å². The molecule has 4 nitrogen and oxygen atoms in total. The Bertz CT molecular complexity index is 805. The second kappa shape index (κ2) is 5.57. The third-order valence-electron chi connectivity index (χ3n) is 4.66. The van der Waals surface area contributed by atoms with E-state index in [1.54, 1.807) is 11.8 Å². The van der Waals surface area contributed by atoms with Gasteiger partial charge < -0.3 is 9.84 Å². The first kappa shape index (κ1) is 14.6. The maximum absolute atomic E-state index is 12.6. The molecule has 5 heteroatoms. The maximum Gasteiger partial charge on any atom is 0.233 e. The van der Waals surface area contributed by atoms with Gasteiger partial charge in [0.25, 0.3) is 0 Å². The molecular weight excluding hydrogens is 308 g/mol. The van der Waals surface area contributed by atoms with E-state index in [0.29, 0.717) is 12.3 Å². The fourth-order valence-electron chi connectivity index (χ4n) is 3.55. The maximum atomic E-state index is 12.6. The number of aromatic nitrogens is 1. The van der Waals surface area contributed by atoms with E-state index in [1.807, 2.05) is 6.92 Å². The lowest BCUT2D eigenvalue weighted by molar-refractivity contribution is -0.116. The van der Waals surface area contributed by atoms with Crippen LogP contribution in [-0.2, 0) is 4.79 Å². The topological polar surface area (TPSA) is 55.1 Å². The molecule has 118 valence electrons. The molecule has 0 spiro atoms. The summed E-state index contributed by atoms with van der Waals surface area (Å²) >= 11 is 1.72. The van der Waals surface area contributed by atoms with Crippen LogP contribution in [0.15, 0.2) is 45.0 Å². The molecular formula is C18H18N2O2S. The largest absolute Gasteiger partial charge is 0.338 e. The quantitative estimate of drug-likeness (QED) is 0.835. The van der Waals surface area contributed by atoms with Gasteiger partial charge in [-0.1, -0.05) is 17.3 Å². The molecule has 0 fully saturated rings. The summed E-state index contributed by atoms with van der Waals surface area (Å²) in [6.07, 6.45) is 4.47. The first-order valence-corrected chi connectivity index (χ1v) is 9.05. The van der Waals surface area contributed by atoms with Crippen molar-refractivity contribution in [3.05, 3.63) is 52.4 Å². The highest BCUT2D eigenvalue weighted by Crippen LogP contribution is 2.46. The number of rotatable bonds is 2. The van der Waals surface area contributed by atoms with Crippen molar-refractivity contribution in [3.8, 4) is 0 Å². The van der Waals surface area contributed by atoms with E-state index in [9.17, 15) is 4.79 Å². The molecule has 0 saturated carbocycles. The van der Waals surface area contributed by atoms with Gasteiger partial charge >= 0.3 is 0 Å². The van der Waals surface area contributed by atoms with Crippen molar-refractivity contribution in [1.29, 1.82) is 0 Å². The average molecular weight is 326 g/mol. The highest BCUT2D eigenvalue weighted by Gasteiger charge is 2.38. The number of hydrogen-bond acceptors (Lipinski definition) is 5. The van der Waals surface area contributed by atoms with E-state index in [2.05, 4.69) is 41.0 Å². The monoisotopic (exact) mass is 326 g/mol. The molecule has 1 N–H and O–H groups in total. The summed E-state index contributed by atoms with van der Waals surface area (Å²) in [5.41, 5.74) is 4.86. The molecule has 1 aromatic carbocycles. The van der Waals surface area contributed by atoms with Crippen LogP contribution >= 0.6 is 11.8 Å². The van der Waals surface area contributed by atoms with Gasteiger partial charge in [0.05, 0.1) is 11.3 Å². The number of ketones is 1. The van der Waals surface area contributed by atoms with Crippen molar-refractivity contribution in [3.63, 3.8) is 0 Å². The van der Waals surface area contributed by atoms with Crippen LogP contribution in [0, 0.1) is 6.92 Å². The molecule has 2 aromatic rings. The Morgan fingerprint density at radius 1 is 1.26 bits per heavy atom. The average Bonchev–Trinajstić information content (AvgIpc) is 2.94. The molecule has 0 radical (unpaired) electrons. The van der Waals surface area contributed by atoms with Gasteiger partial charge in [0, 0.05) is 28.5 Å². The molecule has 2 aliphatic rings. The number of benzene rings is 1. The van der Waals surface area contributed by atoms with Crippen LogP contribution in [0.4, 0.5) is 5.88 Å². The van der Waals surface area contributed by atoms with Crippen LogP contribution in [0.25, 0.3) is 0 Å². The van der Waals surface area contributed by atoms with E-state index >= 15 is 0 Å². The summed E-state index contributed by atoms with van der Waals surface area (Å²) in [4.78, 5) is 13.8. The van der Waals surface area contributed by atoms with Crippen LogP contribution in [-0.4, -0.2) is 17.2 Å². The van der Waals surface area contributed by atoms with Crippen molar-refractivity contribution < 1.29 is 9.32 Å². The third-order valence-corrected chi connectivity index (χ3v) is 5.40. The molecule has 0 amide bonds. The Hall–Kier alpha value is -2.01. The number of nitrogens with one attached hydrogen (secondary N) is 1. The Balaban J connectivity index is 1.90. The number of fused-ring (bicyclic) bond motifs is 1. The summed E-state index contributed by atoms with van der Waals surface area (Å²) in [6, 6.07) is 8.45. The molecule has 0 unspecified atom stereocenters.